The van der Waals surface area contributed by atoms with Crippen LogP contribution >= 0.6 is 0 Å². The van der Waals surface area contributed by atoms with Gasteiger partial charge >= 0.3 is 12.0 Å². The molecule has 1 unspecified atom stereocenters. The van der Waals surface area contributed by atoms with E-state index in [1.54, 1.807) is 19.2 Å². The first-order valence-electron chi connectivity index (χ1n) is 13.3. The number of carbonyl (C=O) groups excluding carboxylic acids is 2. The lowest BCUT2D eigenvalue weighted by Gasteiger charge is -2.23. The van der Waals surface area contributed by atoms with Gasteiger partial charge in [-0.2, -0.15) is 0 Å². The second kappa shape index (κ2) is 12.7. The molecule has 2 atom stereocenters. The van der Waals surface area contributed by atoms with Crippen LogP contribution in [0.25, 0.3) is 10.9 Å². The van der Waals surface area contributed by atoms with Crippen molar-refractivity contribution >= 4 is 34.5 Å². The first-order valence-corrected chi connectivity index (χ1v) is 13.3. The summed E-state index contributed by atoms with van der Waals surface area (Å²) in [5.41, 5.74) is -0.325. The number of rotatable bonds is 10. The van der Waals surface area contributed by atoms with E-state index in [9.17, 15) is 41.4 Å². The minimum absolute atomic E-state index is 0.0104. The summed E-state index contributed by atoms with van der Waals surface area (Å²) in [6, 6.07) is 3.58. The van der Waals surface area contributed by atoms with Crippen LogP contribution in [0.15, 0.2) is 34.9 Å². The van der Waals surface area contributed by atoms with Crippen molar-refractivity contribution in [2.45, 2.75) is 45.7 Å². The molecule has 3 amide bonds. The molecule has 10 nitrogen and oxygen atoms in total. The molecule has 15 heteroatoms. The molecule has 0 radical (unpaired) electrons. The van der Waals surface area contributed by atoms with Crippen LogP contribution in [0.3, 0.4) is 0 Å². The van der Waals surface area contributed by atoms with Crippen LogP contribution in [0, 0.1) is 41.9 Å². The molecule has 4 rings (SSSR count). The molecule has 4 N–H and O–H groups in total. The SMILES string of the molecule is Cc1oc([C@@H](Cc2cn(C)c3ccccc23)NC(=O)C(CC(C)C)NC(=O)Nc2c(F)c(F)c(F)c(F)c2F)nc1C(=O)O. The minimum Gasteiger partial charge on any atom is -0.476 e. The zero-order valence-electron chi connectivity index (χ0n) is 23.9. The van der Waals surface area contributed by atoms with E-state index < -0.39 is 64.8 Å². The van der Waals surface area contributed by atoms with Crippen LogP contribution in [0.1, 0.15) is 54.0 Å². The molecule has 2 aromatic carbocycles. The number of anilines is 1. The Hall–Kier alpha value is -4.95. The molecule has 234 valence electrons. The van der Waals surface area contributed by atoms with Gasteiger partial charge in [-0.3, -0.25) is 4.79 Å². The van der Waals surface area contributed by atoms with Gasteiger partial charge in [-0.15, -0.1) is 0 Å². The lowest BCUT2D eigenvalue weighted by Crippen LogP contribution is -2.50. The Balaban J connectivity index is 1.63. The monoisotopic (exact) mass is 621 g/mol. The number of amides is 3. The maximum atomic E-state index is 14.1. The van der Waals surface area contributed by atoms with Crippen LogP contribution in [0.5, 0.6) is 0 Å². The predicted octanol–water partition coefficient (Wildman–Crippen LogP) is 5.50. The van der Waals surface area contributed by atoms with E-state index in [0.717, 1.165) is 16.5 Å². The lowest BCUT2D eigenvalue weighted by atomic mass is 10.0. The number of aromatic carboxylic acids is 1. The number of aryl methyl sites for hydroxylation is 2. The summed E-state index contributed by atoms with van der Waals surface area (Å²) in [5.74, 6) is -14.0. The van der Waals surface area contributed by atoms with E-state index in [1.165, 1.54) is 6.92 Å². The Morgan fingerprint density at radius 2 is 1.59 bits per heavy atom. The average Bonchev–Trinajstić information content (AvgIpc) is 3.51. The van der Waals surface area contributed by atoms with E-state index >= 15 is 0 Å². The highest BCUT2D eigenvalue weighted by Gasteiger charge is 2.31. The van der Waals surface area contributed by atoms with Crippen molar-refractivity contribution < 1.29 is 45.9 Å². The zero-order valence-corrected chi connectivity index (χ0v) is 23.9. The van der Waals surface area contributed by atoms with Crippen molar-refractivity contribution in [2.24, 2.45) is 13.0 Å². The maximum absolute atomic E-state index is 14.1. The third kappa shape index (κ3) is 6.50. The number of carboxylic acids is 1. The Bertz CT molecular complexity index is 1720. The van der Waals surface area contributed by atoms with Gasteiger partial charge in [-0.1, -0.05) is 32.0 Å². The molecule has 2 heterocycles. The van der Waals surface area contributed by atoms with Gasteiger partial charge in [-0.05, 0) is 30.9 Å². The van der Waals surface area contributed by atoms with Crippen LogP contribution in [-0.4, -0.2) is 38.6 Å². The van der Waals surface area contributed by atoms with E-state index in [4.69, 9.17) is 4.42 Å². The average molecular weight is 622 g/mol. The highest BCUT2D eigenvalue weighted by Crippen LogP contribution is 2.29. The number of benzene rings is 2. The number of urea groups is 1. The van der Waals surface area contributed by atoms with Gasteiger partial charge in [0.1, 0.15) is 23.5 Å². The fourth-order valence-electron chi connectivity index (χ4n) is 4.77. The normalized spacial score (nSPS) is 12.8. The summed E-state index contributed by atoms with van der Waals surface area (Å²) in [4.78, 5) is 41.9. The van der Waals surface area contributed by atoms with Crippen LogP contribution in [0.2, 0.25) is 0 Å². The molecule has 0 aliphatic heterocycles. The second-order valence-corrected chi connectivity index (χ2v) is 10.5. The molecule has 0 aliphatic rings. The number of carboxylic acid groups (broad SMARTS) is 1. The predicted molar refractivity (Wildman–Crippen MR) is 147 cm³/mol. The van der Waals surface area contributed by atoms with Crippen LogP contribution in [-0.2, 0) is 18.3 Å². The first kappa shape index (κ1) is 32.0. The Morgan fingerprint density at radius 1 is 0.977 bits per heavy atom. The number of halogens is 5. The molecule has 0 saturated carbocycles. The number of hydrogen-bond donors (Lipinski definition) is 4. The summed E-state index contributed by atoms with van der Waals surface area (Å²) in [6.07, 6.45) is 1.89. The standard InChI is InChI=1S/C29H28F5N5O5/c1-12(2)9-16(36-29(43)38-25-22(33)20(31)19(30)21(32)23(25)34)26(40)35-17(27-37-24(28(41)42)13(3)44-27)10-14-11-39(4)18-8-6-5-7-15(14)18/h5-8,11-12,16-17H,9-10H2,1-4H3,(H,35,40)(H,41,42)(H2,36,38,43)/t16?,17-/m1/s1. The van der Waals surface area contributed by atoms with E-state index in [0.29, 0.717) is 0 Å². The van der Waals surface area contributed by atoms with Gasteiger partial charge in [0.15, 0.2) is 29.0 Å². The molecule has 2 aromatic heterocycles. The maximum Gasteiger partial charge on any atom is 0.358 e. The van der Waals surface area contributed by atoms with Crippen LogP contribution in [0.4, 0.5) is 32.4 Å². The van der Waals surface area contributed by atoms with Crippen molar-refractivity contribution in [3.05, 3.63) is 82.5 Å². The summed E-state index contributed by atoms with van der Waals surface area (Å²) in [6.45, 7) is 4.83. The molecule has 4 aromatic rings. The fraction of sp³-hybridized carbons (Fsp3) is 0.310. The topological polar surface area (TPSA) is 138 Å². The summed E-state index contributed by atoms with van der Waals surface area (Å²) in [7, 11) is 1.82. The zero-order chi connectivity index (χ0) is 32.5. The minimum atomic E-state index is -2.40. The third-order valence-corrected chi connectivity index (χ3v) is 6.81. The van der Waals surface area contributed by atoms with Crippen molar-refractivity contribution in [1.82, 2.24) is 20.2 Å². The summed E-state index contributed by atoms with van der Waals surface area (Å²) < 4.78 is 76.4. The van der Waals surface area contributed by atoms with E-state index in [1.807, 2.05) is 42.1 Å². The summed E-state index contributed by atoms with van der Waals surface area (Å²) in [5, 5.41) is 16.8. The molecular weight excluding hydrogens is 593 g/mol. The molecular formula is C29H28F5N5O5. The number of fused-ring (bicyclic) bond motifs is 1. The van der Waals surface area contributed by atoms with Crippen molar-refractivity contribution in [1.29, 1.82) is 0 Å². The number of oxazole rings is 1. The van der Waals surface area contributed by atoms with Crippen molar-refractivity contribution in [3.8, 4) is 0 Å². The fourth-order valence-corrected chi connectivity index (χ4v) is 4.77. The smallest absolute Gasteiger partial charge is 0.358 e. The highest BCUT2D eigenvalue weighted by molar-refractivity contribution is 5.94. The molecule has 0 saturated heterocycles. The van der Waals surface area contributed by atoms with E-state index in [-0.39, 0.29) is 36.1 Å². The van der Waals surface area contributed by atoms with Crippen molar-refractivity contribution in [2.75, 3.05) is 5.32 Å². The van der Waals surface area contributed by atoms with Gasteiger partial charge < -0.3 is 30.0 Å². The number of carbonyl (C=O) groups is 3. The Morgan fingerprint density at radius 3 is 2.18 bits per heavy atom. The number of nitrogens with one attached hydrogen (secondary N) is 3. The Kier molecular flexibility index (Phi) is 9.25. The molecule has 0 aliphatic carbocycles. The van der Waals surface area contributed by atoms with Crippen molar-refractivity contribution in [3.63, 3.8) is 0 Å². The summed E-state index contributed by atoms with van der Waals surface area (Å²) >= 11 is 0. The highest BCUT2D eigenvalue weighted by atomic mass is 19.2. The van der Waals surface area contributed by atoms with Gasteiger partial charge in [0.25, 0.3) is 0 Å². The molecule has 44 heavy (non-hydrogen) atoms. The van der Waals surface area contributed by atoms with Gasteiger partial charge in [0.05, 0.1) is 0 Å². The first-order chi connectivity index (χ1) is 20.7. The second-order valence-electron chi connectivity index (χ2n) is 10.5. The van der Waals surface area contributed by atoms with Gasteiger partial charge in [-0.25, -0.2) is 36.5 Å². The van der Waals surface area contributed by atoms with Crippen LogP contribution < -0.4 is 16.0 Å². The largest absolute Gasteiger partial charge is 0.476 e. The Labute approximate surface area is 247 Å². The van der Waals surface area contributed by atoms with Gasteiger partial charge in [0, 0.05) is 30.6 Å². The third-order valence-electron chi connectivity index (χ3n) is 6.81. The molecule has 0 fully saturated rings. The molecule has 0 spiro atoms. The van der Waals surface area contributed by atoms with Gasteiger partial charge in [0.2, 0.25) is 17.6 Å². The molecule has 0 bridgehead atoms. The lowest BCUT2D eigenvalue weighted by molar-refractivity contribution is -0.124. The quantitative estimate of drug-likeness (QED) is 0.105. The number of hydrogen-bond acceptors (Lipinski definition) is 5. The van der Waals surface area contributed by atoms with E-state index in [2.05, 4.69) is 15.6 Å². The number of nitrogens with zero attached hydrogens (tertiary/aromatic N) is 2. The number of para-hydroxylation sites is 1. The number of aromatic nitrogens is 2.